The topological polar surface area (TPSA) is 9.23 Å². The minimum atomic E-state index is -0.948. The smallest absolute Gasteiger partial charge is 0.122 e. The van der Waals surface area contributed by atoms with E-state index in [-0.39, 0.29) is 17.7 Å². The maximum atomic E-state index is 15.0. The second-order valence-corrected chi connectivity index (χ2v) is 7.91. The van der Waals surface area contributed by atoms with Crippen LogP contribution in [0, 0.1) is 11.8 Å². The number of hydrogen-bond acceptors (Lipinski definition) is 1. The molecular formula is C22H28ClFO. The fraction of sp³-hybridized carbons (Fsp3) is 0.545. The number of rotatable bonds is 6. The molecule has 0 spiro atoms. The predicted molar refractivity (Wildman–Crippen MR) is 103 cm³/mol. The van der Waals surface area contributed by atoms with E-state index in [4.69, 9.17) is 16.3 Å². The predicted octanol–water partition coefficient (Wildman–Crippen LogP) is 6.40. The van der Waals surface area contributed by atoms with E-state index < -0.39 is 4.87 Å². The van der Waals surface area contributed by atoms with Crippen molar-refractivity contribution in [3.63, 3.8) is 0 Å². The van der Waals surface area contributed by atoms with Crippen LogP contribution in [0.1, 0.15) is 50.5 Å². The molecule has 0 bridgehead atoms. The molecule has 136 valence electrons. The van der Waals surface area contributed by atoms with Gasteiger partial charge in [0, 0.05) is 19.1 Å². The Bertz CT molecular complexity index is 604. The van der Waals surface area contributed by atoms with Crippen molar-refractivity contribution in [2.75, 3.05) is 13.2 Å². The Labute approximate surface area is 155 Å². The third-order valence-corrected chi connectivity index (χ3v) is 6.35. The van der Waals surface area contributed by atoms with Crippen LogP contribution in [-0.2, 0) is 4.74 Å². The van der Waals surface area contributed by atoms with E-state index in [1.807, 2.05) is 43.3 Å². The number of alkyl halides is 1. The van der Waals surface area contributed by atoms with Crippen molar-refractivity contribution in [1.29, 1.82) is 0 Å². The van der Waals surface area contributed by atoms with Gasteiger partial charge in [0.1, 0.15) is 10.7 Å². The van der Waals surface area contributed by atoms with Gasteiger partial charge in [0.15, 0.2) is 0 Å². The van der Waals surface area contributed by atoms with E-state index >= 15 is 0 Å². The van der Waals surface area contributed by atoms with Gasteiger partial charge >= 0.3 is 0 Å². The van der Waals surface area contributed by atoms with Crippen LogP contribution >= 0.6 is 11.6 Å². The van der Waals surface area contributed by atoms with Crippen LogP contribution in [0.15, 0.2) is 54.4 Å². The molecule has 0 saturated heterocycles. The van der Waals surface area contributed by atoms with E-state index in [0.717, 1.165) is 50.9 Å². The first-order valence-electron chi connectivity index (χ1n) is 9.52. The summed E-state index contributed by atoms with van der Waals surface area (Å²) in [7, 11) is 0. The molecule has 3 rings (SSSR count). The molecule has 2 atom stereocenters. The molecule has 0 heterocycles. The van der Waals surface area contributed by atoms with Crippen LogP contribution in [0.2, 0.25) is 0 Å². The van der Waals surface area contributed by atoms with E-state index in [0.29, 0.717) is 5.92 Å². The molecular weight excluding hydrogens is 335 g/mol. The molecule has 0 amide bonds. The maximum absolute atomic E-state index is 15.0. The molecule has 3 heteroatoms. The molecule has 2 aliphatic carbocycles. The zero-order valence-electron chi connectivity index (χ0n) is 15.0. The molecule has 1 nitrogen and oxygen atoms in total. The van der Waals surface area contributed by atoms with Gasteiger partial charge in [-0.25, -0.2) is 4.39 Å². The maximum Gasteiger partial charge on any atom is 0.122 e. The van der Waals surface area contributed by atoms with Crippen molar-refractivity contribution in [2.24, 2.45) is 11.8 Å². The lowest BCUT2D eigenvalue weighted by Crippen LogP contribution is -2.35. The van der Waals surface area contributed by atoms with Gasteiger partial charge < -0.3 is 4.74 Å². The summed E-state index contributed by atoms with van der Waals surface area (Å²) in [5, 5.41) is 0. The fourth-order valence-corrected chi connectivity index (χ4v) is 4.50. The molecule has 1 fully saturated rings. The lowest BCUT2D eigenvalue weighted by Gasteiger charge is -2.39. The first-order valence-corrected chi connectivity index (χ1v) is 9.90. The van der Waals surface area contributed by atoms with E-state index in [9.17, 15) is 4.39 Å². The van der Waals surface area contributed by atoms with Crippen LogP contribution in [0.5, 0.6) is 0 Å². The normalized spacial score (nSPS) is 32.4. The zero-order valence-corrected chi connectivity index (χ0v) is 15.7. The highest BCUT2D eigenvalue weighted by molar-refractivity contribution is 6.27. The fourth-order valence-electron chi connectivity index (χ4n) is 4.14. The van der Waals surface area contributed by atoms with Crippen LogP contribution in [-0.4, -0.2) is 18.1 Å². The largest absolute Gasteiger partial charge is 0.382 e. The van der Waals surface area contributed by atoms with Gasteiger partial charge in [0.05, 0.1) is 0 Å². The number of benzene rings is 1. The highest BCUT2D eigenvalue weighted by Gasteiger charge is 2.42. The molecule has 1 aromatic rings. The summed E-state index contributed by atoms with van der Waals surface area (Å²) in [6.07, 6.45) is 11.0. The van der Waals surface area contributed by atoms with Gasteiger partial charge in [-0.2, -0.15) is 0 Å². The number of halogens is 2. The Morgan fingerprint density at radius 3 is 2.52 bits per heavy atom. The Hall–Kier alpha value is -1.12. The minimum absolute atomic E-state index is 0.0180. The Balaban J connectivity index is 1.61. The first-order chi connectivity index (χ1) is 12.1. The molecule has 25 heavy (non-hydrogen) atoms. The quantitative estimate of drug-likeness (QED) is 0.323. The molecule has 2 unspecified atom stereocenters. The summed E-state index contributed by atoms with van der Waals surface area (Å²) in [5.41, 5.74) is 1.10. The third-order valence-electron chi connectivity index (χ3n) is 5.74. The van der Waals surface area contributed by atoms with Crippen LogP contribution in [0.25, 0.3) is 0 Å². The number of hydrogen-bond donors (Lipinski definition) is 0. The van der Waals surface area contributed by atoms with Crippen molar-refractivity contribution < 1.29 is 9.13 Å². The summed E-state index contributed by atoms with van der Waals surface area (Å²) in [5.74, 6) is 0.681. The molecule has 0 radical (unpaired) electrons. The van der Waals surface area contributed by atoms with E-state index in [1.165, 1.54) is 0 Å². The summed E-state index contributed by atoms with van der Waals surface area (Å²) >= 11 is 6.78. The molecule has 1 aromatic carbocycles. The molecule has 1 saturated carbocycles. The average molecular weight is 363 g/mol. The molecule has 2 aliphatic rings. The standard InChI is InChI=1S/C22H28ClFO/c1-2-25-15-13-17-8-10-20(11-9-17)22(23)14-12-19(16-21(22)24)18-6-4-3-5-7-18/h3-7,12,14,16-17,19-20H,2,8-11,13,15H2,1H3. The van der Waals surface area contributed by atoms with Gasteiger partial charge in [0.25, 0.3) is 0 Å². The van der Waals surface area contributed by atoms with E-state index in [1.54, 1.807) is 6.08 Å². The van der Waals surface area contributed by atoms with Crippen LogP contribution in [0.3, 0.4) is 0 Å². The zero-order chi connectivity index (χ0) is 17.7. The molecule has 0 aromatic heterocycles. The highest BCUT2D eigenvalue weighted by atomic mass is 35.5. The average Bonchev–Trinajstić information content (AvgIpc) is 2.65. The van der Waals surface area contributed by atoms with Gasteiger partial charge in [-0.05, 0) is 49.7 Å². The van der Waals surface area contributed by atoms with Crippen molar-refractivity contribution in [1.82, 2.24) is 0 Å². The van der Waals surface area contributed by atoms with Crippen LogP contribution < -0.4 is 0 Å². The summed E-state index contributed by atoms with van der Waals surface area (Å²) in [4.78, 5) is -0.948. The number of ether oxygens (including phenoxy) is 1. The summed E-state index contributed by atoms with van der Waals surface area (Å²) < 4.78 is 20.4. The number of allylic oxidation sites excluding steroid dienone is 4. The molecule has 0 N–H and O–H groups in total. The Kier molecular flexibility index (Phi) is 6.35. The lowest BCUT2D eigenvalue weighted by molar-refractivity contribution is 0.118. The van der Waals surface area contributed by atoms with Crippen LogP contribution in [0.4, 0.5) is 4.39 Å². The highest BCUT2D eigenvalue weighted by Crippen LogP contribution is 2.48. The Morgan fingerprint density at radius 2 is 1.88 bits per heavy atom. The summed E-state index contributed by atoms with van der Waals surface area (Å²) in [6.45, 7) is 3.65. The second kappa shape index (κ2) is 8.51. The van der Waals surface area contributed by atoms with Crippen molar-refractivity contribution >= 4 is 11.6 Å². The minimum Gasteiger partial charge on any atom is -0.382 e. The van der Waals surface area contributed by atoms with Crippen molar-refractivity contribution in [2.45, 2.75) is 49.8 Å². The van der Waals surface area contributed by atoms with Gasteiger partial charge in [-0.1, -0.05) is 55.3 Å². The molecule has 0 aliphatic heterocycles. The Morgan fingerprint density at radius 1 is 1.16 bits per heavy atom. The second-order valence-electron chi connectivity index (χ2n) is 7.28. The lowest BCUT2D eigenvalue weighted by atomic mass is 9.72. The third kappa shape index (κ3) is 4.35. The van der Waals surface area contributed by atoms with Gasteiger partial charge in [-0.15, -0.1) is 11.6 Å². The van der Waals surface area contributed by atoms with E-state index in [2.05, 4.69) is 6.08 Å². The monoisotopic (exact) mass is 362 g/mol. The first kappa shape index (κ1) is 18.7. The van der Waals surface area contributed by atoms with Gasteiger partial charge in [0.2, 0.25) is 0 Å². The van der Waals surface area contributed by atoms with Crippen molar-refractivity contribution in [3.8, 4) is 0 Å². The van der Waals surface area contributed by atoms with Gasteiger partial charge in [-0.3, -0.25) is 0 Å². The van der Waals surface area contributed by atoms with Crippen molar-refractivity contribution in [3.05, 3.63) is 60.0 Å². The SMILES string of the molecule is CCOCCC1CCC(C2(Cl)C=CC(c3ccccc3)C=C2F)CC1. The summed E-state index contributed by atoms with van der Waals surface area (Å²) in [6, 6.07) is 10.0.